The van der Waals surface area contributed by atoms with Gasteiger partial charge in [-0.2, -0.15) is 0 Å². The van der Waals surface area contributed by atoms with Crippen molar-refractivity contribution in [2.24, 2.45) is 5.73 Å². The van der Waals surface area contributed by atoms with Crippen LogP contribution in [0.5, 0.6) is 5.75 Å². The molecular formula is C15H16N2O2. The fourth-order valence-electron chi connectivity index (χ4n) is 2.09. The molecule has 2 aromatic rings. The Labute approximate surface area is 111 Å². The molecule has 4 nitrogen and oxygen atoms in total. The van der Waals surface area contributed by atoms with Crippen molar-refractivity contribution in [1.29, 1.82) is 0 Å². The molecule has 19 heavy (non-hydrogen) atoms. The molecule has 0 radical (unpaired) electrons. The van der Waals surface area contributed by atoms with Gasteiger partial charge in [0.2, 0.25) is 0 Å². The summed E-state index contributed by atoms with van der Waals surface area (Å²) in [5.41, 5.74) is 8.94. The molecular weight excluding hydrogens is 240 g/mol. The Morgan fingerprint density at radius 1 is 1.37 bits per heavy atom. The standard InChI is InChI=1S/C15H16N2O2/c1-10-6-12(9-18)15(19)13(7-10)14(16)8-11-2-4-17-5-3-11/h2-7,9,14,19H,8,16H2,1H3. The fourth-order valence-corrected chi connectivity index (χ4v) is 2.09. The van der Waals surface area contributed by atoms with E-state index in [1.165, 1.54) is 0 Å². The molecule has 1 aromatic carbocycles. The van der Waals surface area contributed by atoms with Crippen molar-refractivity contribution in [3.63, 3.8) is 0 Å². The molecule has 0 amide bonds. The van der Waals surface area contributed by atoms with Gasteiger partial charge in [0.1, 0.15) is 5.75 Å². The third-order valence-corrected chi connectivity index (χ3v) is 3.04. The number of phenolic OH excluding ortho intramolecular Hbond substituents is 1. The minimum Gasteiger partial charge on any atom is -0.507 e. The lowest BCUT2D eigenvalue weighted by Crippen LogP contribution is -2.14. The zero-order chi connectivity index (χ0) is 13.8. The SMILES string of the molecule is Cc1cc(C=O)c(O)c(C(N)Cc2ccncc2)c1. The van der Waals surface area contributed by atoms with Crippen LogP contribution in [0.25, 0.3) is 0 Å². The lowest BCUT2D eigenvalue weighted by Gasteiger charge is -2.15. The van der Waals surface area contributed by atoms with Crippen molar-refractivity contribution >= 4 is 6.29 Å². The van der Waals surface area contributed by atoms with Crippen LogP contribution in [0.15, 0.2) is 36.7 Å². The van der Waals surface area contributed by atoms with Gasteiger partial charge in [-0.15, -0.1) is 0 Å². The molecule has 1 atom stereocenters. The van der Waals surface area contributed by atoms with Crippen LogP contribution in [0.4, 0.5) is 0 Å². The minimum atomic E-state index is -0.360. The highest BCUT2D eigenvalue weighted by Crippen LogP contribution is 2.29. The molecule has 0 spiro atoms. The van der Waals surface area contributed by atoms with Crippen LogP contribution in [0.1, 0.15) is 33.1 Å². The first-order valence-electron chi connectivity index (χ1n) is 6.05. The number of hydrogen-bond donors (Lipinski definition) is 2. The quantitative estimate of drug-likeness (QED) is 0.822. The number of aryl methyl sites for hydroxylation is 1. The molecule has 4 heteroatoms. The zero-order valence-electron chi connectivity index (χ0n) is 10.7. The van der Waals surface area contributed by atoms with Gasteiger partial charge in [-0.05, 0) is 42.7 Å². The maximum atomic E-state index is 10.9. The topological polar surface area (TPSA) is 76.2 Å². The predicted octanol–water partition coefficient (Wildman–Crippen LogP) is 2.15. The fraction of sp³-hybridized carbons (Fsp3) is 0.200. The van der Waals surface area contributed by atoms with Crippen LogP contribution in [-0.2, 0) is 6.42 Å². The number of rotatable bonds is 4. The number of aldehydes is 1. The van der Waals surface area contributed by atoms with E-state index in [1.807, 2.05) is 25.1 Å². The highest BCUT2D eigenvalue weighted by atomic mass is 16.3. The van der Waals surface area contributed by atoms with Crippen molar-refractivity contribution in [1.82, 2.24) is 4.98 Å². The number of pyridine rings is 1. The summed E-state index contributed by atoms with van der Waals surface area (Å²) < 4.78 is 0. The van der Waals surface area contributed by atoms with E-state index in [1.54, 1.807) is 18.5 Å². The Bertz CT molecular complexity index is 582. The third kappa shape index (κ3) is 2.98. The van der Waals surface area contributed by atoms with Gasteiger partial charge >= 0.3 is 0 Å². The zero-order valence-corrected chi connectivity index (χ0v) is 10.7. The van der Waals surface area contributed by atoms with E-state index in [0.29, 0.717) is 18.3 Å². The molecule has 3 N–H and O–H groups in total. The highest BCUT2D eigenvalue weighted by Gasteiger charge is 2.15. The van der Waals surface area contributed by atoms with Crippen molar-refractivity contribution in [3.8, 4) is 5.75 Å². The lowest BCUT2D eigenvalue weighted by atomic mass is 9.96. The van der Waals surface area contributed by atoms with Crippen LogP contribution in [0.2, 0.25) is 0 Å². The van der Waals surface area contributed by atoms with Gasteiger partial charge in [0.25, 0.3) is 0 Å². The molecule has 0 bridgehead atoms. The number of nitrogens with two attached hydrogens (primary N) is 1. The van der Waals surface area contributed by atoms with Crippen LogP contribution in [0, 0.1) is 6.92 Å². The Hall–Kier alpha value is -2.20. The second-order valence-corrected chi connectivity index (χ2v) is 4.58. The first-order chi connectivity index (χ1) is 9.11. The van der Waals surface area contributed by atoms with Gasteiger partial charge in [0, 0.05) is 24.0 Å². The normalized spacial score (nSPS) is 12.1. The molecule has 0 aliphatic rings. The van der Waals surface area contributed by atoms with Crippen molar-refractivity contribution in [3.05, 3.63) is 58.9 Å². The molecule has 1 aromatic heterocycles. The third-order valence-electron chi connectivity index (χ3n) is 3.04. The van der Waals surface area contributed by atoms with Crippen molar-refractivity contribution in [2.75, 3.05) is 0 Å². The lowest BCUT2D eigenvalue weighted by molar-refractivity contribution is 0.112. The summed E-state index contributed by atoms with van der Waals surface area (Å²) in [5, 5.41) is 10.0. The van der Waals surface area contributed by atoms with E-state index in [2.05, 4.69) is 4.98 Å². The van der Waals surface area contributed by atoms with Gasteiger partial charge in [-0.3, -0.25) is 9.78 Å². The molecule has 98 valence electrons. The average Bonchev–Trinajstić information content (AvgIpc) is 2.42. The highest BCUT2D eigenvalue weighted by molar-refractivity contribution is 5.80. The monoisotopic (exact) mass is 256 g/mol. The maximum absolute atomic E-state index is 10.9. The predicted molar refractivity (Wildman–Crippen MR) is 73.1 cm³/mol. The largest absolute Gasteiger partial charge is 0.507 e. The minimum absolute atomic E-state index is 0.0258. The number of benzene rings is 1. The summed E-state index contributed by atoms with van der Waals surface area (Å²) in [4.78, 5) is 14.9. The number of phenols is 1. The summed E-state index contributed by atoms with van der Waals surface area (Å²) >= 11 is 0. The van der Waals surface area contributed by atoms with Crippen LogP contribution >= 0.6 is 0 Å². The Balaban J connectivity index is 2.31. The van der Waals surface area contributed by atoms with E-state index in [9.17, 15) is 9.90 Å². The van der Waals surface area contributed by atoms with Gasteiger partial charge < -0.3 is 10.8 Å². The molecule has 0 saturated heterocycles. The number of aromatic nitrogens is 1. The van der Waals surface area contributed by atoms with Crippen LogP contribution < -0.4 is 5.73 Å². The summed E-state index contributed by atoms with van der Waals surface area (Å²) in [6.45, 7) is 1.87. The molecule has 1 heterocycles. The van der Waals surface area contributed by atoms with Gasteiger partial charge in [0.15, 0.2) is 6.29 Å². The molecule has 2 rings (SSSR count). The molecule has 0 aliphatic carbocycles. The number of hydrogen-bond acceptors (Lipinski definition) is 4. The summed E-state index contributed by atoms with van der Waals surface area (Å²) in [7, 11) is 0. The van der Waals surface area contributed by atoms with Gasteiger partial charge in [0.05, 0.1) is 5.56 Å². The number of carbonyl (C=O) groups is 1. The number of carbonyl (C=O) groups excluding carboxylic acids is 1. The van der Waals surface area contributed by atoms with E-state index in [4.69, 9.17) is 5.73 Å². The smallest absolute Gasteiger partial charge is 0.153 e. The number of aromatic hydroxyl groups is 1. The Morgan fingerprint density at radius 2 is 2.05 bits per heavy atom. The first-order valence-corrected chi connectivity index (χ1v) is 6.05. The van der Waals surface area contributed by atoms with E-state index in [-0.39, 0.29) is 17.4 Å². The van der Waals surface area contributed by atoms with E-state index in [0.717, 1.165) is 11.1 Å². The molecule has 0 fully saturated rings. The first kappa shape index (κ1) is 13.2. The molecule has 0 saturated carbocycles. The van der Waals surface area contributed by atoms with Crippen LogP contribution in [0.3, 0.4) is 0 Å². The molecule has 0 aliphatic heterocycles. The second-order valence-electron chi connectivity index (χ2n) is 4.58. The average molecular weight is 256 g/mol. The van der Waals surface area contributed by atoms with E-state index >= 15 is 0 Å². The van der Waals surface area contributed by atoms with Gasteiger partial charge in [-0.1, -0.05) is 6.07 Å². The van der Waals surface area contributed by atoms with Gasteiger partial charge in [-0.25, -0.2) is 0 Å². The number of nitrogens with zero attached hydrogens (tertiary/aromatic N) is 1. The van der Waals surface area contributed by atoms with Crippen molar-refractivity contribution < 1.29 is 9.90 Å². The molecule has 1 unspecified atom stereocenters. The maximum Gasteiger partial charge on any atom is 0.153 e. The summed E-state index contributed by atoms with van der Waals surface area (Å²) in [6.07, 6.45) is 4.63. The summed E-state index contributed by atoms with van der Waals surface area (Å²) in [6, 6.07) is 6.86. The summed E-state index contributed by atoms with van der Waals surface area (Å²) in [5.74, 6) is -0.0258. The Morgan fingerprint density at radius 3 is 2.68 bits per heavy atom. The van der Waals surface area contributed by atoms with Crippen LogP contribution in [-0.4, -0.2) is 16.4 Å². The van der Waals surface area contributed by atoms with E-state index < -0.39 is 0 Å². The Kier molecular flexibility index (Phi) is 3.92. The van der Waals surface area contributed by atoms with Crippen molar-refractivity contribution in [2.45, 2.75) is 19.4 Å². The second kappa shape index (κ2) is 5.63.